The molecule has 1 amide bonds. The van der Waals surface area contributed by atoms with Crippen molar-refractivity contribution < 1.29 is 4.79 Å². The average Bonchev–Trinajstić information content (AvgIpc) is 2.27. The Morgan fingerprint density at radius 3 is 2.87 bits per heavy atom. The number of rotatable bonds is 1. The van der Waals surface area contributed by atoms with Gasteiger partial charge in [-0.05, 0) is 30.4 Å². The van der Waals surface area contributed by atoms with E-state index in [-0.39, 0.29) is 11.9 Å². The van der Waals surface area contributed by atoms with Crippen LogP contribution >= 0.6 is 0 Å². The number of fused-ring (bicyclic) bond motifs is 1. The van der Waals surface area contributed by atoms with Gasteiger partial charge in [-0.15, -0.1) is 0 Å². The molecule has 0 spiro atoms. The Morgan fingerprint density at radius 1 is 1.40 bits per heavy atom. The molecule has 1 aliphatic carbocycles. The molecule has 15 heavy (non-hydrogen) atoms. The maximum absolute atomic E-state index is 11.4. The number of hydrogen-bond donors (Lipinski definition) is 0. The van der Waals surface area contributed by atoms with Crippen LogP contribution in [0.4, 0.5) is 0 Å². The van der Waals surface area contributed by atoms with Gasteiger partial charge in [-0.3, -0.25) is 4.79 Å². The van der Waals surface area contributed by atoms with Crippen LogP contribution in [0.15, 0.2) is 24.3 Å². The zero-order valence-corrected chi connectivity index (χ0v) is 9.36. The Kier molecular flexibility index (Phi) is 2.76. The Bertz CT molecular complexity index is 373. The van der Waals surface area contributed by atoms with Crippen molar-refractivity contribution in [1.29, 1.82) is 0 Å². The third-order valence-corrected chi connectivity index (χ3v) is 3.30. The first kappa shape index (κ1) is 10.2. The number of aryl methyl sites for hydroxylation is 1. The number of carbonyl (C=O) groups is 1. The SMILES string of the molecule is CC(=O)N(C)[C@H]1CCCc2ccccc21. The molecule has 0 bridgehead atoms. The number of benzene rings is 1. The molecule has 0 aromatic heterocycles. The predicted molar refractivity (Wildman–Crippen MR) is 60.6 cm³/mol. The van der Waals surface area contributed by atoms with Crippen molar-refractivity contribution in [1.82, 2.24) is 4.90 Å². The standard InChI is InChI=1S/C13H17NO/c1-10(15)14(2)13-9-5-7-11-6-3-4-8-12(11)13/h3-4,6,8,13H,5,7,9H2,1-2H3/t13-/m0/s1. The van der Waals surface area contributed by atoms with Crippen molar-refractivity contribution >= 4 is 5.91 Å². The van der Waals surface area contributed by atoms with Crippen LogP contribution in [0.25, 0.3) is 0 Å². The maximum Gasteiger partial charge on any atom is 0.219 e. The minimum absolute atomic E-state index is 0.150. The first-order valence-corrected chi connectivity index (χ1v) is 5.51. The van der Waals surface area contributed by atoms with Crippen LogP contribution < -0.4 is 0 Å². The molecule has 0 unspecified atom stereocenters. The highest BCUT2D eigenvalue weighted by atomic mass is 16.2. The molecule has 1 aliphatic rings. The summed E-state index contributed by atoms with van der Waals surface area (Å²) in [5, 5.41) is 0. The normalized spacial score (nSPS) is 19.5. The fourth-order valence-corrected chi connectivity index (χ4v) is 2.35. The summed E-state index contributed by atoms with van der Waals surface area (Å²) in [5.41, 5.74) is 2.74. The smallest absolute Gasteiger partial charge is 0.219 e. The van der Waals surface area contributed by atoms with E-state index in [1.807, 2.05) is 11.9 Å². The Labute approximate surface area is 90.9 Å². The minimum Gasteiger partial charge on any atom is -0.339 e. The molecule has 0 aliphatic heterocycles. The molecule has 0 N–H and O–H groups in total. The average molecular weight is 203 g/mol. The van der Waals surface area contributed by atoms with E-state index in [1.54, 1.807) is 6.92 Å². The molecule has 0 saturated carbocycles. The van der Waals surface area contributed by atoms with E-state index in [0.29, 0.717) is 0 Å². The summed E-state index contributed by atoms with van der Waals surface area (Å²) in [6.45, 7) is 1.64. The van der Waals surface area contributed by atoms with Gasteiger partial charge in [-0.25, -0.2) is 0 Å². The number of carbonyl (C=O) groups excluding carboxylic acids is 1. The minimum atomic E-state index is 0.150. The van der Waals surface area contributed by atoms with Crippen molar-refractivity contribution in [2.45, 2.75) is 32.2 Å². The molecule has 1 atom stereocenters. The molecule has 2 rings (SSSR count). The van der Waals surface area contributed by atoms with Crippen LogP contribution in [0.3, 0.4) is 0 Å². The molecule has 0 radical (unpaired) electrons. The molecular weight excluding hydrogens is 186 g/mol. The molecular formula is C13H17NO. The lowest BCUT2D eigenvalue weighted by Gasteiger charge is -2.32. The van der Waals surface area contributed by atoms with Crippen molar-refractivity contribution in [2.75, 3.05) is 7.05 Å². The summed E-state index contributed by atoms with van der Waals surface area (Å²) >= 11 is 0. The summed E-state index contributed by atoms with van der Waals surface area (Å²) in [6.07, 6.45) is 3.42. The molecule has 1 aromatic rings. The maximum atomic E-state index is 11.4. The molecule has 0 saturated heterocycles. The van der Waals surface area contributed by atoms with E-state index in [0.717, 1.165) is 12.8 Å². The summed E-state index contributed by atoms with van der Waals surface area (Å²) in [7, 11) is 1.90. The van der Waals surface area contributed by atoms with E-state index in [2.05, 4.69) is 24.3 Å². The molecule has 80 valence electrons. The highest BCUT2D eigenvalue weighted by Gasteiger charge is 2.24. The summed E-state index contributed by atoms with van der Waals surface area (Å²) < 4.78 is 0. The highest BCUT2D eigenvalue weighted by Crippen LogP contribution is 2.33. The second-order valence-corrected chi connectivity index (χ2v) is 4.24. The third kappa shape index (κ3) is 1.89. The fourth-order valence-electron chi connectivity index (χ4n) is 2.35. The van der Waals surface area contributed by atoms with Crippen molar-refractivity contribution in [3.05, 3.63) is 35.4 Å². The van der Waals surface area contributed by atoms with Gasteiger partial charge < -0.3 is 4.90 Å². The van der Waals surface area contributed by atoms with Gasteiger partial charge in [0.25, 0.3) is 0 Å². The largest absolute Gasteiger partial charge is 0.339 e. The first-order chi connectivity index (χ1) is 7.20. The van der Waals surface area contributed by atoms with Crippen LogP contribution in [-0.4, -0.2) is 17.9 Å². The molecule has 0 fully saturated rings. The van der Waals surface area contributed by atoms with Crippen LogP contribution in [0.1, 0.15) is 36.9 Å². The second kappa shape index (κ2) is 4.05. The Hall–Kier alpha value is -1.31. The van der Waals surface area contributed by atoms with E-state index in [4.69, 9.17) is 0 Å². The van der Waals surface area contributed by atoms with E-state index < -0.39 is 0 Å². The lowest BCUT2D eigenvalue weighted by molar-refractivity contribution is -0.130. The van der Waals surface area contributed by atoms with Gasteiger partial charge in [0, 0.05) is 14.0 Å². The molecule has 2 nitrogen and oxygen atoms in total. The van der Waals surface area contributed by atoms with Crippen LogP contribution in [0.2, 0.25) is 0 Å². The van der Waals surface area contributed by atoms with Gasteiger partial charge in [-0.1, -0.05) is 24.3 Å². The van der Waals surface area contributed by atoms with Crippen LogP contribution in [0.5, 0.6) is 0 Å². The van der Waals surface area contributed by atoms with Crippen molar-refractivity contribution in [2.24, 2.45) is 0 Å². The van der Waals surface area contributed by atoms with Crippen LogP contribution in [0, 0.1) is 0 Å². The topological polar surface area (TPSA) is 20.3 Å². The zero-order chi connectivity index (χ0) is 10.8. The molecule has 2 heteroatoms. The number of hydrogen-bond acceptors (Lipinski definition) is 1. The van der Waals surface area contributed by atoms with Gasteiger partial charge in [0.15, 0.2) is 0 Å². The molecule has 0 heterocycles. The van der Waals surface area contributed by atoms with E-state index in [9.17, 15) is 4.79 Å². The van der Waals surface area contributed by atoms with Crippen molar-refractivity contribution in [3.8, 4) is 0 Å². The molecule has 1 aromatic carbocycles. The van der Waals surface area contributed by atoms with Crippen molar-refractivity contribution in [3.63, 3.8) is 0 Å². The summed E-state index contributed by atoms with van der Waals surface area (Å²) in [5.74, 6) is 0.150. The van der Waals surface area contributed by atoms with Crippen LogP contribution in [-0.2, 0) is 11.2 Å². The van der Waals surface area contributed by atoms with Gasteiger partial charge in [0.1, 0.15) is 0 Å². The summed E-state index contributed by atoms with van der Waals surface area (Å²) in [6, 6.07) is 8.75. The summed E-state index contributed by atoms with van der Waals surface area (Å²) in [4.78, 5) is 13.2. The lowest BCUT2D eigenvalue weighted by atomic mass is 9.87. The Balaban J connectivity index is 2.33. The van der Waals surface area contributed by atoms with E-state index in [1.165, 1.54) is 17.5 Å². The van der Waals surface area contributed by atoms with Gasteiger partial charge >= 0.3 is 0 Å². The van der Waals surface area contributed by atoms with E-state index >= 15 is 0 Å². The zero-order valence-electron chi connectivity index (χ0n) is 9.36. The highest BCUT2D eigenvalue weighted by molar-refractivity contribution is 5.73. The van der Waals surface area contributed by atoms with Gasteiger partial charge in [-0.2, -0.15) is 0 Å². The van der Waals surface area contributed by atoms with Gasteiger partial charge in [0.05, 0.1) is 6.04 Å². The third-order valence-electron chi connectivity index (χ3n) is 3.30. The predicted octanol–water partition coefficient (Wildman–Crippen LogP) is 2.54. The fraction of sp³-hybridized carbons (Fsp3) is 0.462. The lowest BCUT2D eigenvalue weighted by Crippen LogP contribution is -2.31. The Morgan fingerprint density at radius 2 is 2.13 bits per heavy atom. The monoisotopic (exact) mass is 203 g/mol. The second-order valence-electron chi connectivity index (χ2n) is 4.24. The van der Waals surface area contributed by atoms with Gasteiger partial charge in [0.2, 0.25) is 5.91 Å². The number of amides is 1. The number of nitrogens with zero attached hydrogens (tertiary/aromatic N) is 1. The first-order valence-electron chi connectivity index (χ1n) is 5.51. The quantitative estimate of drug-likeness (QED) is 0.687.